The van der Waals surface area contributed by atoms with Gasteiger partial charge in [-0.15, -0.1) is 0 Å². The molecule has 0 radical (unpaired) electrons. The number of amides is 1. The Morgan fingerprint density at radius 1 is 1.33 bits per heavy atom. The number of rotatable bonds is 9. The molecule has 0 aliphatic rings. The first-order valence-corrected chi connectivity index (χ1v) is 5.63. The van der Waals surface area contributed by atoms with Crippen molar-refractivity contribution >= 4 is 5.91 Å². The lowest BCUT2D eigenvalue weighted by Gasteiger charge is -2.07. The summed E-state index contributed by atoms with van der Waals surface area (Å²) in [4.78, 5) is 11.3. The van der Waals surface area contributed by atoms with Crippen LogP contribution in [-0.4, -0.2) is 39.3 Å². The number of ether oxygens (including phenoxy) is 1. The van der Waals surface area contributed by atoms with Crippen molar-refractivity contribution in [3.05, 3.63) is 0 Å². The molecule has 0 aliphatic heterocycles. The molecule has 0 aromatic rings. The maximum Gasteiger partial charge on any atom is 0.233 e. The Labute approximate surface area is 92.8 Å². The van der Waals surface area contributed by atoms with Crippen molar-refractivity contribution in [2.45, 2.75) is 26.7 Å². The van der Waals surface area contributed by atoms with E-state index in [4.69, 9.17) is 4.74 Å². The zero-order chi connectivity index (χ0) is 11.5. The van der Waals surface area contributed by atoms with Crippen molar-refractivity contribution in [2.24, 2.45) is 5.92 Å². The van der Waals surface area contributed by atoms with Gasteiger partial charge >= 0.3 is 0 Å². The van der Waals surface area contributed by atoms with E-state index in [1.165, 1.54) is 0 Å². The summed E-state index contributed by atoms with van der Waals surface area (Å²) in [5, 5.41) is 5.94. The van der Waals surface area contributed by atoms with Crippen LogP contribution in [0.2, 0.25) is 0 Å². The molecule has 0 aliphatic carbocycles. The van der Waals surface area contributed by atoms with E-state index in [2.05, 4.69) is 24.5 Å². The third kappa shape index (κ3) is 11.3. The predicted octanol–water partition coefficient (Wildman–Crippen LogP) is 0.775. The van der Waals surface area contributed by atoms with Crippen molar-refractivity contribution in [1.29, 1.82) is 0 Å². The molecule has 1 amide bonds. The second kappa shape index (κ2) is 9.93. The van der Waals surface area contributed by atoms with E-state index in [-0.39, 0.29) is 5.91 Å². The van der Waals surface area contributed by atoms with Gasteiger partial charge in [-0.3, -0.25) is 4.79 Å². The number of hydrogen-bond acceptors (Lipinski definition) is 3. The van der Waals surface area contributed by atoms with Crippen LogP contribution in [-0.2, 0) is 9.53 Å². The number of hydrogen-bond donors (Lipinski definition) is 2. The van der Waals surface area contributed by atoms with E-state index in [1.807, 2.05) is 0 Å². The fourth-order valence-electron chi connectivity index (χ4n) is 1.11. The van der Waals surface area contributed by atoms with Crippen LogP contribution in [0.5, 0.6) is 0 Å². The molecule has 0 bridgehead atoms. The standard InChI is InChI=1S/C11H24N2O2/c1-10(2)5-7-13-11(14)9-12-6-4-8-15-3/h10,12H,4-9H2,1-3H3,(H,13,14). The van der Waals surface area contributed by atoms with Gasteiger partial charge in [0.25, 0.3) is 0 Å². The molecule has 0 heterocycles. The molecule has 2 N–H and O–H groups in total. The van der Waals surface area contributed by atoms with E-state index < -0.39 is 0 Å². The maximum absolute atomic E-state index is 11.3. The van der Waals surface area contributed by atoms with E-state index in [0.29, 0.717) is 12.5 Å². The molecular weight excluding hydrogens is 192 g/mol. The highest BCUT2D eigenvalue weighted by Gasteiger charge is 2.00. The maximum atomic E-state index is 11.3. The number of carbonyl (C=O) groups is 1. The highest BCUT2D eigenvalue weighted by molar-refractivity contribution is 5.77. The lowest BCUT2D eigenvalue weighted by atomic mass is 10.1. The second-order valence-corrected chi connectivity index (χ2v) is 4.06. The fraction of sp³-hybridized carbons (Fsp3) is 0.909. The van der Waals surface area contributed by atoms with Crippen molar-refractivity contribution in [3.63, 3.8) is 0 Å². The molecule has 0 atom stereocenters. The quantitative estimate of drug-likeness (QED) is 0.560. The summed E-state index contributed by atoms with van der Waals surface area (Å²) in [5.41, 5.74) is 0. The Hall–Kier alpha value is -0.610. The molecule has 4 nitrogen and oxygen atoms in total. The minimum Gasteiger partial charge on any atom is -0.385 e. The summed E-state index contributed by atoms with van der Waals surface area (Å²) < 4.78 is 4.90. The van der Waals surface area contributed by atoms with Gasteiger partial charge < -0.3 is 15.4 Å². The van der Waals surface area contributed by atoms with E-state index in [9.17, 15) is 4.79 Å². The minimum absolute atomic E-state index is 0.0769. The van der Waals surface area contributed by atoms with Crippen LogP contribution in [0.15, 0.2) is 0 Å². The van der Waals surface area contributed by atoms with E-state index in [1.54, 1.807) is 7.11 Å². The normalized spacial score (nSPS) is 10.7. The van der Waals surface area contributed by atoms with Gasteiger partial charge in [0.15, 0.2) is 0 Å². The molecule has 0 aromatic heterocycles. The molecule has 0 saturated heterocycles. The fourth-order valence-corrected chi connectivity index (χ4v) is 1.11. The lowest BCUT2D eigenvalue weighted by Crippen LogP contribution is -2.35. The third-order valence-electron chi connectivity index (χ3n) is 2.03. The van der Waals surface area contributed by atoms with Crippen molar-refractivity contribution in [2.75, 3.05) is 33.4 Å². The van der Waals surface area contributed by atoms with Gasteiger partial charge in [-0.25, -0.2) is 0 Å². The van der Waals surface area contributed by atoms with Gasteiger partial charge in [-0.05, 0) is 25.3 Å². The van der Waals surface area contributed by atoms with Gasteiger partial charge in [0.2, 0.25) is 5.91 Å². The van der Waals surface area contributed by atoms with Crippen LogP contribution in [0.25, 0.3) is 0 Å². The summed E-state index contributed by atoms with van der Waals surface area (Å²) in [6.45, 7) is 7.04. The minimum atomic E-state index is 0.0769. The Morgan fingerprint density at radius 2 is 2.07 bits per heavy atom. The van der Waals surface area contributed by atoms with Crippen molar-refractivity contribution < 1.29 is 9.53 Å². The van der Waals surface area contributed by atoms with E-state index >= 15 is 0 Å². The Morgan fingerprint density at radius 3 is 2.67 bits per heavy atom. The molecule has 0 unspecified atom stereocenters. The van der Waals surface area contributed by atoms with Crippen LogP contribution >= 0.6 is 0 Å². The molecule has 0 aromatic carbocycles. The second-order valence-electron chi connectivity index (χ2n) is 4.06. The number of nitrogens with one attached hydrogen (secondary N) is 2. The van der Waals surface area contributed by atoms with Crippen LogP contribution < -0.4 is 10.6 Å². The van der Waals surface area contributed by atoms with Gasteiger partial charge in [0.05, 0.1) is 6.54 Å². The first-order chi connectivity index (χ1) is 7.16. The lowest BCUT2D eigenvalue weighted by molar-refractivity contribution is -0.120. The molecule has 0 fully saturated rings. The molecule has 0 rings (SSSR count). The number of carbonyl (C=O) groups excluding carboxylic acids is 1. The zero-order valence-corrected chi connectivity index (χ0v) is 10.1. The number of methoxy groups -OCH3 is 1. The van der Waals surface area contributed by atoms with Gasteiger partial charge in [-0.2, -0.15) is 0 Å². The van der Waals surface area contributed by atoms with Crippen molar-refractivity contribution in [3.8, 4) is 0 Å². The molecule has 4 heteroatoms. The first kappa shape index (κ1) is 14.4. The SMILES string of the molecule is COCCCNCC(=O)NCCC(C)C. The topological polar surface area (TPSA) is 50.4 Å². The van der Waals surface area contributed by atoms with Gasteiger partial charge in [0.1, 0.15) is 0 Å². The summed E-state index contributed by atoms with van der Waals surface area (Å²) in [7, 11) is 1.68. The largest absolute Gasteiger partial charge is 0.385 e. The monoisotopic (exact) mass is 216 g/mol. The molecule has 90 valence electrons. The van der Waals surface area contributed by atoms with Crippen molar-refractivity contribution in [1.82, 2.24) is 10.6 Å². The smallest absolute Gasteiger partial charge is 0.233 e. The molecular formula is C11H24N2O2. The Bertz CT molecular complexity index is 161. The summed E-state index contributed by atoms with van der Waals surface area (Å²) in [6, 6.07) is 0. The highest BCUT2D eigenvalue weighted by atomic mass is 16.5. The first-order valence-electron chi connectivity index (χ1n) is 5.63. The molecule has 0 spiro atoms. The molecule has 0 saturated carbocycles. The summed E-state index contributed by atoms with van der Waals surface area (Å²) in [5.74, 6) is 0.716. The summed E-state index contributed by atoms with van der Waals surface area (Å²) in [6.07, 6.45) is 1.98. The Kier molecular flexibility index (Phi) is 9.52. The molecule has 15 heavy (non-hydrogen) atoms. The zero-order valence-electron chi connectivity index (χ0n) is 10.1. The van der Waals surface area contributed by atoms with Crippen LogP contribution in [0.1, 0.15) is 26.7 Å². The van der Waals surface area contributed by atoms with Crippen LogP contribution in [0.3, 0.4) is 0 Å². The average molecular weight is 216 g/mol. The van der Waals surface area contributed by atoms with Crippen LogP contribution in [0, 0.1) is 5.92 Å². The predicted molar refractivity (Wildman–Crippen MR) is 61.8 cm³/mol. The van der Waals surface area contributed by atoms with Gasteiger partial charge in [0, 0.05) is 20.3 Å². The highest BCUT2D eigenvalue weighted by Crippen LogP contribution is 1.95. The Balaban J connectivity index is 3.19. The van der Waals surface area contributed by atoms with E-state index in [0.717, 1.165) is 32.5 Å². The average Bonchev–Trinajstić information content (AvgIpc) is 2.17. The summed E-state index contributed by atoms with van der Waals surface area (Å²) >= 11 is 0. The third-order valence-corrected chi connectivity index (χ3v) is 2.03. The van der Waals surface area contributed by atoms with Gasteiger partial charge in [-0.1, -0.05) is 13.8 Å². The van der Waals surface area contributed by atoms with Crippen LogP contribution in [0.4, 0.5) is 0 Å².